The van der Waals surface area contributed by atoms with Crippen LogP contribution in [0.3, 0.4) is 0 Å². The standard InChI is InChI=1S/C18H32N2.ClH/c1-2-3-4-5-6-7-8-9-10-11-12-17-13-15-18(20-19)16-14-17;/h13-16,20H,2-12,19H2,1H3;1H. The van der Waals surface area contributed by atoms with Crippen molar-refractivity contribution >= 4 is 18.1 Å². The van der Waals surface area contributed by atoms with Crippen molar-refractivity contribution in [1.29, 1.82) is 0 Å². The van der Waals surface area contributed by atoms with E-state index in [9.17, 15) is 0 Å². The van der Waals surface area contributed by atoms with Gasteiger partial charge < -0.3 is 5.43 Å². The van der Waals surface area contributed by atoms with E-state index in [0.29, 0.717) is 0 Å². The van der Waals surface area contributed by atoms with Gasteiger partial charge in [0.25, 0.3) is 0 Å². The summed E-state index contributed by atoms with van der Waals surface area (Å²) in [6, 6.07) is 8.43. The highest BCUT2D eigenvalue weighted by Gasteiger charge is 1.95. The van der Waals surface area contributed by atoms with Gasteiger partial charge in [-0.2, -0.15) is 0 Å². The van der Waals surface area contributed by atoms with Crippen LogP contribution >= 0.6 is 12.4 Å². The van der Waals surface area contributed by atoms with E-state index in [1.54, 1.807) is 0 Å². The maximum Gasteiger partial charge on any atom is 0.0485 e. The highest BCUT2D eigenvalue weighted by molar-refractivity contribution is 5.85. The van der Waals surface area contributed by atoms with Crippen LogP contribution in [0.5, 0.6) is 0 Å². The first kappa shape index (κ1) is 20.3. The molecule has 0 radical (unpaired) electrons. The maximum atomic E-state index is 5.36. The van der Waals surface area contributed by atoms with Crippen molar-refractivity contribution in [3.8, 4) is 0 Å². The zero-order valence-corrected chi connectivity index (χ0v) is 14.4. The number of nitrogens with one attached hydrogen (secondary N) is 1. The van der Waals surface area contributed by atoms with Crippen LogP contribution in [0, 0.1) is 0 Å². The molecule has 1 rings (SSSR count). The fraction of sp³-hybridized carbons (Fsp3) is 0.667. The number of halogens is 1. The third kappa shape index (κ3) is 10.6. The summed E-state index contributed by atoms with van der Waals surface area (Å²) in [5.74, 6) is 5.36. The van der Waals surface area contributed by atoms with E-state index in [4.69, 9.17) is 5.84 Å². The van der Waals surface area contributed by atoms with Gasteiger partial charge in [-0.25, -0.2) is 0 Å². The molecule has 1 aromatic carbocycles. The van der Waals surface area contributed by atoms with Crippen LogP contribution in [-0.4, -0.2) is 0 Å². The number of nitrogen functional groups attached to an aromatic ring is 1. The lowest BCUT2D eigenvalue weighted by Gasteiger charge is -2.04. The fourth-order valence-corrected chi connectivity index (χ4v) is 2.58. The average Bonchev–Trinajstić information content (AvgIpc) is 2.50. The predicted molar refractivity (Wildman–Crippen MR) is 97.0 cm³/mol. The van der Waals surface area contributed by atoms with Gasteiger partial charge >= 0.3 is 0 Å². The molecule has 0 amide bonds. The molecule has 0 aliphatic carbocycles. The molecule has 0 bridgehead atoms. The Kier molecular flexibility index (Phi) is 13.7. The lowest BCUT2D eigenvalue weighted by Crippen LogP contribution is -2.06. The molecule has 0 saturated carbocycles. The van der Waals surface area contributed by atoms with E-state index in [1.807, 2.05) is 12.1 Å². The van der Waals surface area contributed by atoms with E-state index in [2.05, 4.69) is 24.5 Å². The molecule has 1 aromatic rings. The highest BCUT2D eigenvalue weighted by atomic mass is 35.5. The number of hydrogen-bond donors (Lipinski definition) is 2. The van der Waals surface area contributed by atoms with E-state index in [0.717, 1.165) is 5.69 Å². The van der Waals surface area contributed by atoms with Crippen LogP contribution in [0.15, 0.2) is 24.3 Å². The summed E-state index contributed by atoms with van der Waals surface area (Å²) >= 11 is 0. The summed E-state index contributed by atoms with van der Waals surface area (Å²) in [4.78, 5) is 0. The molecular formula is C18H33ClN2. The van der Waals surface area contributed by atoms with Gasteiger partial charge in [0.2, 0.25) is 0 Å². The molecule has 0 aliphatic rings. The van der Waals surface area contributed by atoms with E-state index < -0.39 is 0 Å². The summed E-state index contributed by atoms with van der Waals surface area (Å²) in [5, 5.41) is 0. The lowest BCUT2D eigenvalue weighted by atomic mass is 10.0. The summed E-state index contributed by atoms with van der Waals surface area (Å²) in [6.45, 7) is 2.28. The largest absolute Gasteiger partial charge is 0.324 e. The van der Waals surface area contributed by atoms with E-state index in [1.165, 1.54) is 76.2 Å². The Morgan fingerprint density at radius 1 is 0.762 bits per heavy atom. The van der Waals surface area contributed by atoms with Crippen molar-refractivity contribution in [2.45, 2.75) is 77.6 Å². The van der Waals surface area contributed by atoms with Gasteiger partial charge in [0.05, 0.1) is 0 Å². The molecule has 21 heavy (non-hydrogen) atoms. The molecule has 0 spiro atoms. The quantitative estimate of drug-likeness (QED) is 0.288. The van der Waals surface area contributed by atoms with Crippen LogP contribution in [0.4, 0.5) is 5.69 Å². The molecule has 0 heterocycles. The Hall–Kier alpha value is -0.730. The summed E-state index contributed by atoms with van der Waals surface area (Å²) in [5.41, 5.74) is 5.07. The molecule has 3 N–H and O–H groups in total. The fourth-order valence-electron chi connectivity index (χ4n) is 2.58. The zero-order chi connectivity index (χ0) is 14.5. The van der Waals surface area contributed by atoms with Crippen molar-refractivity contribution < 1.29 is 0 Å². The molecule has 0 aliphatic heterocycles. The van der Waals surface area contributed by atoms with Crippen LogP contribution < -0.4 is 11.3 Å². The molecule has 0 unspecified atom stereocenters. The number of unbranched alkanes of at least 4 members (excludes halogenated alkanes) is 9. The van der Waals surface area contributed by atoms with Gasteiger partial charge in [-0.15, -0.1) is 12.4 Å². The maximum absolute atomic E-state index is 5.36. The van der Waals surface area contributed by atoms with Gasteiger partial charge in [0.15, 0.2) is 0 Å². The Labute approximate surface area is 137 Å². The number of anilines is 1. The number of rotatable bonds is 12. The van der Waals surface area contributed by atoms with Gasteiger partial charge in [-0.05, 0) is 30.5 Å². The molecule has 2 nitrogen and oxygen atoms in total. The van der Waals surface area contributed by atoms with Crippen LogP contribution in [0.2, 0.25) is 0 Å². The minimum atomic E-state index is 0. The minimum absolute atomic E-state index is 0. The lowest BCUT2D eigenvalue weighted by molar-refractivity contribution is 0.556. The first-order valence-corrected chi connectivity index (χ1v) is 8.42. The van der Waals surface area contributed by atoms with Gasteiger partial charge in [-0.1, -0.05) is 76.8 Å². The first-order chi connectivity index (χ1) is 9.86. The third-order valence-electron chi connectivity index (χ3n) is 3.94. The molecule has 0 fully saturated rings. The van der Waals surface area contributed by atoms with Crippen molar-refractivity contribution in [3.63, 3.8) is 0 Å². The third-order valence-corrected chi connectivity index (χ3v) is 3.94. The molecule has 0 aromatic heterocycles. The monoisotopic (exact) mass is 312 g/mol. The molecule has 3 heteroatoms. The predicted octanol–water partition coefficient (Wildman–Crippen LogP) is 5.86. The second-order valence-electron chi connectivity index (χ2n) is 5.77. The number of aryl methyl sites for hydroxylation is 1. The topological polar surface area (TPSA) is 38.0 Å². The van der Waals surface area contributed by atoms with Gasteiger partial charge in [0, 0.05) is 5.69 Å². The molecule has 0 saturated heterocycles. The van der Waals surface area contributed by atoms with Crippen molar-refractivity contribution in [1.82, 2.24) is 0 Å². The van der Waals surface area contributed by atoms with Crippen LogP contribution in [0.1, 0.15) is 76.7 Å². The van der Waals surface area contributed by atoms with Gasteiger partial charge in [-0.3, -0.25) is 5.84 Å². The second-order valence-corrected chi connectivity index (χ2v) is 5.77. The number of benzene rings is 1. The summed E-state index contributed by atoms with van der Waals surface area (Å²) in [6.07, 6.45) is 15.2. The van der Waals surface area contributed by atoms with Crippen LogP contribution in [0.25, 0.3) is 0 Å². The number of hydrazine groups is 1. The summed E-state index contributed by atoms with van der Waals surface area (Å²) in [7, 11) is 0. The Balaban J connectivity index is 0.00000400. The molecule has 0 atom stereocenters. The highest BCUT2D eigenvalue weighted by Crippen LogP contribution is 2.13. The second kappa shape index (κ2) is 14.2. The van der Waals surface area contributed by atoms with E-state index in [-0.39, 0.29) is 12.4 Å². The first-order valence-electron chi connectivity index (χ1n) is 8.42. The average molecular weight is 313 g/mol. The minimum Gasteiger partial charge on any atom is -0.324 e. The van der Waals surface area contributed by atoms with Crippen molar-refractivity contribution in [3.05, 3.63) is 29.8 Å². The number of nitrogens with two attached hydrogens (primary N) is 1. The van der Waals surface area contributed by atoms with E-state index >= 15 is 0 Å². The Morgan fingerprint density at radius 2 is 1.24 bits per heavy atom. The van der Waals surface area contributed by atoms with Gasteiger partial charge in [0.1, 0.15) is 0 Å². The number of hydrogen-bond acceptors (Lipinski definition) is 2. The van der Waals surface area contributed by atoms with Crippen LogP contribution in [-0.2, 0) is 6.42 Å². The Morgan fingerprint density at radius 3 is 1.71 bits per heavy atom. The summed E-state index contributed by atoms with van der Waals surface area (Å²) < 4.78 is 0. The normalized spacial score (nSPS) is 10.2. The molecule has 122 valence electrons. The molecular weight excluding hydrogens is 280 g/mol. The SMILES string of the molecule is CCCCCCCCCCCCc1ccc(NN)cc1.Cl. The Bertz CT molecular complexity index is 324. The van der Waals surface area contributed by atoms with Crippen molar-refractivity contribution in [2.75, 3.05) is 5.43 Å². The zero-order valence-electron chi connectivity index (χ0n) is 13.6. The van der Waals surface area contributed by atoms with Crippen molar-refractivity contribution in [2.24, 2.45) is 5.84 Å². The smallest absolute Gasteiger partial charge is 0.0485 e.